The van der Waals surface area contributed by atoms with Gasteiger partial charge in [0.2, 0.25) is 5.91 Å². The first-order valence-corrected chi connectivity index (χ1v) is 7.92. The quantitative estimate of drug-likeness (QED) is 0.837. The van der Waals surface area contributed by atoms with Gasteiger partial charge in [-0.15, -0.1) is 0 Å². The Kier molecular flexibility index (Phi) is 6.21. The first-order chi connectivity index (χ1) is 10.2. The third kappa shape index (κ3) is 5.48. The third-order valence-electron chi connectivity index (χ3n) is 4.16. The summed E-state index contributed by atoms with van der Waals surface area (Å²) in [6.45, 7) is 5.97. The van der Waals surface area contributed by atoms with Crippen LogP contribution in [0.1, 0.15) is 30.4 Å². The van der Waals surface area contributed by atoms with Crippen molar-refractivity contribution >= 4 is 5.91 Å². The van der Waals surface area contributed by atoms with Crippen LogP contribution in [0.25, 0.3) is 0 Å². The van der Waals surface area contributed by atoms with E-state index in [2.05, 4.69) is 41.4 Å². The number of carbonyl (C=O) groups excluding carboxylic acids is 1. The van der Waals surface area contributed by atoms with Crippen molar-refractivity contribution in [1.29, 1.82) is 0 Å². The number of hydrogen-bond acceptors (Lipinski definition) is 3. The van der Waals surface area contributed by atoms with Crippen LogP contribution in [0, 0.1) is 12.8 Å². The average Bonchev–Trinajstić information content (AvgIpc) is 2.47. The molecule has 4 nitrogen and oxygen atoms in total. The molecule has 1 aliphatic heterocycles. The minimum Gasteiger partial charge on any atom is -0.351 e. The number of aryl methyl sites for hydroxylation is 1. The molecule has 1 aliphatic rings. The highest BCUT2D eigenvalue weighted by Gasteiger charge is 2.20. The van der Waals surface area contributed by atoms with Crippen LogP contribution in [0.3, 0.4) is 0 Å². The number of hydrogen-bond donors (Lipinski definition) is 2. The molecule has 21 heavy (non-hydrogen) atoms. The van der Waals surface area contributed by atoms with E-state index in [9.17, 15) is 4.79 Å². The first kappa shape index (κ1) is 16.0. The SMILES string of the molecule is Cc1ccc(CNC(=O)CN2CCCC(CCN)C2)cc1. The van der Waals surface area contributed by atoms with E-state index in [1.165, 1.54) is 18.4 Å². The van der Waals surface area contributed by atoms with E-state index in [-0.39, 0.29) is 5.91 Å². The molecule has 4 heteroatoms. The summed E-state index contributed by atoms with van der Waals surface area (Å²) in [7, 11) is 0. The van der Waals surface area contributed by atoms with E-state index < -0.39 is 0 Å². The van der Waals surface area contributed by atoms with Gasteiger partial charge in [0.1, 0.15) is 0 Å². The lowest BCUT2D eigenvalue weighted by Crippen LogP contribution is -2.42. The van der Waals surface area contributed by atoms with Crippen LogP contribution in [0.5, 0.6) is 0 Å². The van der Waals surface area contributed by atoms with Gasteiger partial charge in [-0.2, -0.15) is 0 Å². The smallest absolute Gasteiger partial charge is 0.234 e. The standard InChI is InChI=1S/C17H27N3O/c1-14-4-6-15(7-5-14)11-19-17(21)13-20-10-2-3-16(12-20)8-9-18/h4-7,16H,2-3,8-13,18H2,1H3,(H,19,21). The summed E-state index contributed by atoms with van der Waals surface area (Å²) in [6, 6.07) is 8.27. The summed E-state index contributed by atoms with van der Waals surface area (Å²) in [5.74, 6) is 0.776. The highest BCUT2D eigenvalue weighted by molar-refractivity contribution is 5.78. The number of piperidine rings is 1. The number of nitrogens with zero attached hydrogens (tertiary/aromatic N) is 1. The van der Waals surface area contributed by atoms with Crippen molar-refractivity contribution in [3.63, 3.8) is 0 Å². The topological polar surface area (TPSA) is 58.4 Å². The van der Waals surface area contributed by atoms with Gasteiger partial charge in [0.15, 0.2) is 0 Å². The largest absolute Gasteiger partial charge is 0.351 e. The first-order valence-electron chi connectivity index (χ1n) is 7.92. The molecule has 3 N–H and O–H groups in total. The van der Waals surface area contributed by atoms with Crippen LogP contribution in [0.2, 0.25) is 0 Å². The molecule has 1 atom stereocenters. The van der Waals surface area contributed by atoms with Crippen molar-refractivity contribution < 1.29 is 4.79 Å². The summed E-state index contributed by atoms with van der Waals surface area (Å²) < 4.78 is 0. The number of rotatable bonds is 6. The van der Waals surface area contributed by atoms with Crippen molar-refractivity contribution in [2.24, 2.45) is 11.7 Å². The lowest BCUT2D eigenvalue weighted by atomic mass is 9.95. The highest BCUT2D eigenvalue weighted by atomic mass is 16.2. The Morgan fingerprint density at radius 3 is 2.86 bits per heavy atom. The molecule has 0 bridgehead atoms. The van der Waals surface area contributed by atoms with Gasteiger partial charge >= 0.3 is 0 Å². The van der Waals surface area contributed by atoms with Crippen LogP contribution >= 0.6 is 0 Å². The number of nitrogens with one attached hydrogen (secondary N) is 1. The zero-order valence-electron chi connectivity index (χ0n) is 13.0. The van der Waals surface area contributed by atoms with Gasteiger partial charge in [-0.1, -0.05) is 29.8 Å². The second-order valence-electron chi connectivity index (χ2n) is 6.08. The Hall–Kier alpha value is -1.39. The van der Waals surface area contributed by atoms with E-state index >= 15 is 0 Å². The van der Waals surface area contributed by atoms with Crippen LogP contribution in [0.15, 0.2) is 24.3 Å². The van der Waals surface area contributed by atoms with E-state index in [0.29, 0.717) is 19.0 Å². The predicted octanol–water partition coefficient (Wildman–Crippen LogP) is 1.67. The van der Waals surface area contributed by atoms with Gasteiger partial charge in [0, 0.05) is 13.1 Å². The fourth-order valence-corrected chi connectivity index (χ4v) is 2.93. The molecule has 2 rings (SSSR count). The number of nitrogens with two attached hydrogens (primary N) is 1. The maximum absolute atomic E-state index is 12.0. The number of carbonyl (C=O) groups is 1. The second-order valence-corrected chi connectivity index (χ2v) is 6.08. The number of likely N-dealkylation sites (tertiary alicyclic amines) is 1. The number of amides is 1. The summed E-state index contributed by atoms with van der Waals surface area (Å²) in [5, 5.41) is 3.01. The highest BCUT2D eigenvalue weighted by Crippen LogP contribution is 2.18. The molecule has 1 amide bonds. The minimum atomic E-state index is 0.115. The van der Waals surface area contributed by atoms with Crippen LogP contribution in [-0.4, -0.2) is 37.0 Å². The molecule has 0 saturated carbocycles. The molecule has 0 aliphatic carbocycles. The maximum Gasteiger partial charge on any atom is 0.234 e. The van der Waals surface area contributed by atoms with Crippen LogP contribution in [0.4, 0.5) is 0 Å². The molecule has 0 spiro atoms. The summed E-state index contributed by atoms with van der Waals surface area (Å²) in [5.41, 5.74) is 8.02. The molecule has 116 valence electrons. The normalized spacial score (nSPS) is 19.4. The molecule has 1 heterocycles. The van der Waals surface area contributed by atoms with Crippen molar-refractivity contribution in [3.05, 3.63) is 35.4 Å². The van der Waals surface area contributed by atoms with E-state index in [1.54, 1.807) is 0 Å². The third-order valence-corrected chi connectivity index (χ3v) is 4.16. The van der Waals surface area contributed by atoms with Gasteiger partial charge in [-0.3, -0.25) is 9.69 Å². The van der Waals surface area contributed by atoms with Gasteiger partial charge in [-0.25, -0.2) is 0 Å². The summed E-state index contributed by atoms with van der Waals surface area (Å²) >= 11 is 0. The van der Waals surface area contributed by atoms with Gasteiger partial charge < -0.3 is 11.1 Å². The fraction of sp³-hybridized carbons (Fsp3) is 0.588. The Morgan fingerprint density at radius 1 is 1.38 bits per heavy atom. The van der Waals surface area contributed by atoms with Crippen molar-refractivity contribution in [3.8, 4) is 0 Å². The van der Waals surface area contributed by atoms with Crippen molar-refractivity contribution in [2.75, 3.05) is 26.2 Å². The van der Waals surface area contributed by atoms with E-state index in [4.69, 9.17) is 5.73 Å². The molecule has 1 aromatic carbocycles. The lowest BCUT2D eigenvalue weighted by molar-refractivity contribution is -0.122. The molecule has 1 saturated heterocycles. The molecule has 0 radical (unpaired) electrons. The molecular weight excluding hydrogens is 262 g/mol. The molecule has 1 aromatic rings. The zero-order valence-corrected chi connectivity index (χ0v) is 13.0. The second kappa shape index (κ2) is 8.15. The van der Waals surface area contributed by atoms with Crippen LogP contribution in [-0.2, 0) is 11.3 Å². The monoisotopic (exact) mass is 289 g/mol. The van der Waals surface area contributed by atoms with Gasteiger partial charge in [-0.05, 0) is 50.8 Å². The summed E-state index contributed by atoms with van der Waals surface area (Å²) in [4.78, 5) is 14.3. The van der Waals surface area contributed by atoms with Gasteiger partial charge in [0.05, 0.1) is 6.54 Å². The van der Waals surface area contributed by atoms with Crippen molar-refractivity contribution in [2.45, 2.75) is 32.7 Å². The Balaban J connectivity index is 1.72. The van der Waals surface area contributed by atoms with E-state index in [0.717, 1.165) is 31.6 Å². The molecule has 1 unspecified atom stereocenters. The Labute approximate surface area is 127 Å². The zero-order chi connectivity index (χ0) is 15.1. The molecule has 1 fully saturated rings. The maximum atomic E-state index is 12.0. The molecular formula is C17H27N3O. The Morgan fingerprint density at radius 2 is 2.14 bits per heavy atom. The van der Waals surface area contributed by atoms with Gasteiger partial charge in [0.25, 0.3) is 0 Å². The molecule has 0 aromatic heterocycles. The average molecular weight is 289 g/mol. The van der Waals surface area contributed by atoms with Crippen molar-refractivity contribution in [1.82, 2.24) is 10.2 Å². The van der Waals surface area contributed by atoms with Crippen LogP contribution < -0.4 is 11.1 Å². The summed E-state index contributed by atoms with van der Waals surface area (Å²) in [6.07, 6.45) is 3.50. The number of benzene rings is 1. The minimum absolute atomic E-state index is 0.115. The predicted molar refractivity (Wildman–Crippen MR) is 85.9 cm³/mol. The Bertz CT molecular complexity index is 442. The van der Waals surface area contributed by atoms with E-state index in [1.807, 2.05) is 0 Å². The fourth-order valence-electron chi connectivity index (χ4n) is 2.93. The lowest BCUT2D eigenvalue weighted by Gasteiger charge is -2.32.